The quantitative estimate of drug-likeness (QED) is 0.194. The highest BCUT2D eigenvalue weighted by atomic mass is 35.5. The number of carbonyl (C=O) groups excluding carboxylic acids is 2. The van der Waals surface area contributed by atoms with Gasteiger partial charge in [0.2, 0.25) is 5.91 Å². The highest BCUT2D eigenvalue weighted by Gasteiger charge is 2.60. The van der Waals surface area contributed by atoms with Crippen molar-refractivity contribution in [3.05, 3.63) is 52.3 Å². The van der Waals surface area contributed by atoms with E-state index >= 15 is 0 Å². The number of hydrogen-bond acceptors (Lipinski definition) is 6. The van der Waals surface area contributed by atoms with Gasteiger partial charge in [-0.05, 0) is 62.7 Å². The summed E-state index contributed by atoms with van der Waals surface area (Å²) < 4.78 is 5.22. The molecule has 1 fully saturated rings. The summed E-state index contributed by atoms with van der Waals surface area (Å²) in [5.41, 5.74) is 1.96. The van der Waals surface area contributed by atoms with E-state index in [0.717, 1.165) is 5.56 Å². The third-order valence-electron chi connectivity index (χ3n) is 6.29. The van der Waals surface area contributed by atoms with E-state index in [-0.39, 0.29) is 30.0 Å². The van der Waals surface area contributed by atoms with Crippen LogP contribution in [-0.2, 0) is 16.2 Å². The van der Waals surface area contributed by atoms with Gasteiger partial charge in [0.05, 0.1) is 0 Å². The van der Waals surface area contributed by atoms with Crippen LogP contribution in [0.4, 0.5) is 10.5 Å². The molecule has 3 atom stereocenters. The molecular formula is C23H27Cl2N4O6+. The number of amides is 3. The number of aromatic nitrogens is 1. The van der Waals surface area contributed by atoms with Crippen molar-refractivity contribution in [1.29, 1.82) is 0 Å². The number of ether oxygens (including phenoxy) is 1. The van der Waals surface area contributed by atoms with E-state index in [9.17, 15) is 24.7 Å². The Labute approximate surface area is 212 Å². The second-order valence-corrected chi connectivity index (χ2v) is 10.2. The van der Waals surface area contributed by atoms with Gasteiger partial charge in [0.15, 0.2) is 0 Å². The van der Waals surface area contributed by atoms with Gasteiger partial charge in [-0.1, -0.05) is 23.2 Å². The highest BCUT2D eigenvalue weighted by Crippen LogP contribution is 2.38. The molecule has 0 bridgehead atoms. The van der Waals surface area contributed by atoms with Gasteiger partial charge in [-0.2, -0.15) is 4.79 Å². The van der Waals surface area contributed by atoms with Crippen molar-refractivity contribution < 1.29 is 33.9 Å². The minimum atomic E-state index is -1.14. The van der Waals surface area contributed by atoms with E-state index in [1.807, 2.05) is 0 Å². The number of nitrogens with zero attached hydrogens (tertiary/aromatic N) is 2. The zero-order valence-corrected chi connectivity index (χ0v) is 20.9. The van der Waals surface area contributed by atoms with Crippen molar-refractivity contribution in [2.45, 2.75) is 32.9 Å². The van der Waals surface area contributed by atoms with E-state index in [1.54, 1.807) is 62.6 Å². The summed E-state index contributed by atoms with van der Waals surface area (Å²) in [6, 6.07) is 9.82. The number of halogens is 2. The van der Waals surface area contributed by atoms with Gasteiger partial charge in [-0.15, -0.1) is 0 Å². The van der Waals surface area contributed by atoms with Crippen LogP contribution in [0.15, 0.2) is 36.4 Å². The van der Waals surface area contributed by atoms with E-state index in [4.69, 9.17) is 27.9 Å². The molecule has 2 heterocycles. The van der Waals surface area contributed by atoms with Gasteiger partial charge in [-0.25, -0.2) is 14.9 Å². The zero-order chi connectivity index (χ0) is 26.0. The van der Waals surface area contributed by atoms with Gasteiger partial charge in [0.25, 0.3) is 5.91 Å². The molecule has 12 heteroatoms. The predicted octanol–water partition coefficient (Wildman–Crippen LogP) is 3.95. The van der Waals surface area contributed by atoms with Crippen molar-refractivity contribution in [3.63, 3.8) is 0 Å². The summed E-state index contributed by atoms with van der Waals surface area (Å²) in [6.07, 6.45) is -1.14. The van der Waals surface area contributed by atoms with Gasteiger partial charge in [0, 0.05) is 5.69 Å². The monoisotopic (exact) mass is 525 g/mol. The molecular weight excluding hydrogens is 499 g/mol. The Morgan fingerprint density at radius 2 is 1.60 bits per heavy atom. The Hall–Kier alpha value is -2.92. The normalized spacial score (nSPS) is 21.9. The average molecular weight is 526 g/mol. The number of pyridine rings is 1. The van der Waals surface area contributed by atoms with Crippen LogP contribution in [0.1, 0.15) is 26.3 Å². The molecule has 1 aliphatic rings. The molecule has 3 rings (SSSR count). The Morgan fingerprint density at radius 3 is 2.09 bits per heavy atom. The molecule has 0 aliphatic carbocycles. The van der Waals surface area contributed by atoms with Crippen molar-refractivity contribution in [1.82, 2.24) is 10.5 Å². The third-order valence-corrected chi connectivity index (χ3v) is 6.67. The molecule has 1 aliphatic heterocycles. The third kappa shape index (κ3) is 5.84. The number of quaternary nitrogens is 1. The highest BCUT2D eigenvalue weighted by molar-refractivity contribution is 6.32. The minimum Gasteiger partial charge on any atom is -0.489 e. The lowest BCUT2D eigenvalue weighted by Crippen LogP contribution is -2.62. The van der Waals surface area contributed by atoms with Gasteiger partial charge < -0.3 is 15.2 Å². The van der Waals surface area contributed by atoms with Crippen molar-refractivity contribution in [2.75, 3.05) is 18.4 Å². The van der Waals surface area contributed by atoms with Crippen LogP contribution in [0.5, 0.6) is 5.75 Å². The molecule has 4 N–H and O–H groups in total. The second-order valence-electron chi connectivity index (χ2n) is 9.40. The molecule has 188 valence electrons. The lowest BCUT2D eigenvalue weighted by Gasteiger charge is -2.40. The Kier molecular flexibility index (Phi) is 7.90. The molecule has 0 saturated carbocycles. The molecule has 3 amide bonds. The molecule has 1 saturated heterocycles. The number of hydroxylamine groups is 1. The van der Waals surface area contributed by atoms with Crippen molar-refractivity contribution in [3.8, 4) is 5.75 Å². The van der Waals surface area contributed by atoms with Gasteiger partial charge in [0.1, 0.15) is 53.1 Å². The number of likely N-dealkylation sites (tertiary alicyclic amines) is 1. The molecule has 0 radical (unpaired) electrons. The number of carboxylic acid groups (broad SMARTS) is 1. The SMILES string of the molecule is CC(C)(C)[N+]1(C(=O)O)CC(C(=O)NO)C(C(=O)Nc2ccc(OCc3cc(Cl)nc(Cl)c3)cc2)C1. The topological polar surface area (TPSA) is 138 Å². The summed E-state index contributed by atoms with van der Waals surface area (Å²) in [5, 5.41) is 22.4. The number of benzene rings is 1. The maximum Gasteiger partial charge on any atom is 0.514 e. The Morgan fingerprint density at radius 1 is 1.06 bits per heavy atom. The largest absolute Gasteiger partial charge is 0.514 e. The van der Waals surface area contributed by atoms with Gasteiger partial charge >= 0.3 is 6.09 Å². The summed E-state index contributed by atoms with van der Waals surface area (Å²) in [5.74, 6) is -2.76. The van der Waals surface area contributed by atoms with Gasteiger partial charge in [-0.3, -0.25) is 14.8 Å². The van der Waals surface area contributed by atoms with Crippen LogP contribution in [0.25, 0.3) is 0 Å². The molecule has 0 spiro atoms. The standard InChI is InChI=1S/C23H26Cl2N4O6/c1-23(2,3)29(22(32)33)10-16(17(11-29)21(31)28-34)20(30)26-14-4-6-15(7-5-14)35-12-13-8-18(24)27-19(25)9-13/h4-9,16-17H,10-12H2,1-3H3,(H3-,26,28,30,31,32,33,34)/p+1. The summed E-state index contributed by atoms with van der Waals surface area (Å²) in [7, 11) is 0. The lowest BCUT2D eigenvalue weighted by atomic mass is 9.94. The fourth-order valence-electron chi connectivity index (χ4n) is 4.24. The summed E-state index contributed by atoms with van der Waals surface area (Å²) in [4.78, 5) is 41.5. The lowest BCUT2D eigenvalue weighted by molar-refractivity contribution is -0.893. The van der Waals surface area contributed by atoms with E-state index in [0.29, 0.717) is 11.4 Å². The first-order valence-electron chi connectivity index (χ1n) is 10.8. The van der Waals surface area contributed by atoms with Crippen molar-refractivity contribution in [2.24, 2.45) is 11.8 Å². The van der Waals surface area contributed by atoms with E-state index in [2.05, 4.69) is 10.3 Å². The smallest absolute Gasteiger partial charge is 0.489 e. The van der Waals surface area contributed by atoms with Crippen LogP contribution in [0.2, 0.25) is 10.3 Å². The molecule has 3 unspecified atom stereocenters. The summed E-state index contributed by atoms with van der Waals surface area (Å²) >= 11 is 11.8. The molecule has 1 aromatic carbocycles. The maximum absolute atomic E-state index is 13.1. The molecule has 1 aromatic heterocycles. The summed E-state index contributed by atoms with van der Waals surface area (Å²) in [6.45, 7) is 5.20. The van der Waals surface area contributed by atoms with Crippen LogP contribution in [0, 0.1) is 11.8 Å². The molecule has 35 heavy (non-hydrogen) atoms. The number of rotatable bonds is 6. The fourth-order valence-corrected chi connectivity index (χ4v) is 4.74. The number of anilines is 1. The predicted molar refractivity (Wildman–Crippen MR) is 128 cm³/mol. The first-order valence-corrected chi connectivity index (χ1v) is 11.5. The maximum atomic E-state index is 13.1. The first kappa shape index (κ1) is 26.7. The minimum absolute atomic E-state index is 0.0962. The Bertz CT molecular complexity index is 1100. The average Bonchev–Trinajstić information content (AvgIpc) is 3.20. The van der Waals surface area contributed by atoms with E-state index in [1.165, 1.54) is 0 Å². The van der Waals surface area contributed by atoms with Crippen LogP contribution in [-0.4, -0.2) is 56.3 Å². The molecule has 10 nitrogen and oxygen atoms in total. The number of hydrogen-bond donors (Lipinski definition) is 4. The number of carbonyl (C=O) groups is 3. The van der Waals surface area contributed by atoms with Crippen molar-refractivity contribution >= 4 is 46.8 Å². The number of nitrogens with one attached hydrogen (secondary N) is 2. The molecule has 2 aromatic rings. The second kappa shape index (κ2) is 10.4. The fraction of sp³-hybridized carbons (Fsp3) is 0.391. The van der Waals surface area contributed by atoms with Crippen LogP contribution >= 0.6 is 23.2 Å². The Balaban J connectivity index is 1.71. The zero-order valence-electron chi connectivity index (χ0n) is 19.4. The first-order chi connectivity index (χ1) is 16.4. The van der Waals surface area contributed by atoms with Crippen LogP contribution in [0.3, 0.4) is 0 Å². The van der Waals surface area contributed by atoms with E-state index < -0.39 is 39.8 Å². The van der Waals surface area contributed by atoms with Crippen LogP contribution < -0.4 is 15.5 Å².